The van der Waals surface area contributed by atoms with Crippen molar-refractivity contribution < 1.29 is 19.5 Å². The van der Waals surface area contributed by atoms with E-state index in [4.69, 9.17) is 10.4 Å². The van der Waals surface area contributed by atoms with E-state index in [9.17, 15) is 14.4 Å². The molecule has 8 heteroatoms. The summed E-state index contributed by atoms with van der Waals surface area (Å²) in [6.07, 6.45) is 3.20. The average Bonchev–Trinajstić information content (AvgIpc) is 2.92. The second kappa shape index (κ2) is 9.55. The average molecular weight is 336 g/mol. The van der Waals surface area contributed by atoms with Gasteiger partial charge in [0.2, 0.25) is 5.91 Å². The van der Waals surface area contributed by atoms with Gasteiger partial charge >= 0.3 is 5.97 Å². The molecule has 0 aromatic rings. The number of nitriles is 1. The van der Waals surface area contributed by atoms with Crippen molar-refractivity contribution in [2.24, 2.45) is 5.92 Å². The fourth-order valence-corrected chi connectivity index (χ4v) is 2.38. The summed E-state index contributed by atoms with van der Waals surface area (Å²) in [6, 6.07) is 0.880. The standard InChI is InChI=1S/C16H24N4O4/c1-11(2)14(16(23)24)19-10-12(9-17)15(22)18-6-4-8-20-7-3-5-13(20)21/h10-11,14,19H,3-8H2,1-2H3,(H,18,22)(H,23,24)/b12-10-. The molecule has 1 aliphatic heterocycles. The highest BCUT2D eigenvalue weighted by Crippen LogP contribution is 2.09. The molecule has 1 atom stereocenters. The first-order valence-corrected chi connectivity index (χ1v) is 8.02. The summed E-state index contributed by atoms with van der Waals surface area (Å²) >= 11 is 0. The Bertz CT molecular complexity index is 551. The van der Waals surface area contributed by atoms with Gasteiger partial charge < -0.3 is 20.6 Å². The third-order valence-corrected chi connectivity index (χ3v) is 3.77. The van der Waals surface area contributed by atoms with Crippen molar-refractivity contribution in [1.29, 1.82) is 5.26 Å². The smallest absolute Gasteiger partial charge is 0.326 e. The normalized spacial score (nSPS) is 16.0. The fraction of sp³-hybridized carbons (Fsp3) is 0.625. The number of aliphatic carboxylic acids is 1. The van der Waals surface area contributed by atoms with Crippen LogP contribution in [-0.4, -0.2) is 53.5 Å². The van der Waals surface area contributed by atoms with Gasteiger partial charge in [0.15, 0.2) is 0 Å². The van der Waals surface area contributed by atoms with E-state index in [1.807, 2.05) is 0 Å². The second-order valence-electron chi connectivity index (χ2n) is 5.99. The van der Waals surface area contributed by atoms with E-state index in [0.29, 0.717) is 25.9 Å². The Labute approximate surface area is 141 Å². The Balaban J connectivity index is 2.42. The van der Waals surface area contributed by atoms with Crippen LogP contribution in [0.15, 0.2) is 11.8 Å². The maximum Gasteiger partial charge on any atom is 0.326 e. The molecule has 0 aliphatic carbocycles. The first-order chi connectivity index (χ1) is 11.4. The van der Waals surface area contributed by atoms with E-state index in [-0.39, 0.29) is 17.4 Å². The first kappa shape index (κ1) is 19.5. The zero-order valence-corrected chi connectivity index (χ0v) is 14.0. The van der Waals surface area contributed by atoms with Gasteiger partial charge in [-0.15, -0.1) is 0 Å². The maximum atomic E-state index is 11.9. The van der Waals surface area contributed by atoms with Crippen LogP contribution >= 0.6 is 0 Å². The Kier molecular flexibility index (Phi) is 7.75. The number of carbonyl (C=O) groups is 3. The van der Waals surface area contributed by atoms with E-state index in [1.54, 1.807) is 24.8 Å². The molecule has 0 saturated carbocycles. The van der Waals surface area contributed by atoms with E-state index in [2.05, 4.69) is 10.6 Å². The van der Waals surface area contributed by atoms with Crippen molar-refractivity contribution in [1.82, 2.24) is 15.5 Å². The van der Waals surface area contributed by atoms with Crippen LogP contribution in [0.25, 0.3) is 0 Å². The summed E-state index contributed by atoms with van der Waals surface area (Å²) in [6.45, 7) is 5.13. The Hall–Kier alpha value is -2.56. The van der Waals surface area contributed by atoms with Crippen LogP contribution in [0.4, 0.5) is 0 Å². The highest BCUT2D eigenvalue weighted by Gasteiger charge is 2.21. The minimum absolute atomic E-state index is 0.136. The van der Waals surface area contributed by atoms with Crippen molar-refractivity contribution >= 4 is 17.8 Å². The van der Waals surface area contributed by atoms with Crippen LogP contribution in [0, 0.1) is 17.2 Å². The molecule has 1 unspecified atom stereocenters. The summed E-state index contributed by atoms with van der Waals surface area (Å²) < 4.78 is 0. The SMILES string of the molecule is CC(C)C(N/C=C(/C#N)C(=O)NCCCN1CCCC1=O)C(=O)O. The monoisotopic (exact) mass is 336 g/mol. The van der Waals surface area contributed by atoms with Crippen molar-refractivity contribution in [3.8, 4) is 6.07 Å². The van der Waals surface area contributed by atoms with Crippen molar-refractivity contribution in [3.05, 3.63) is 11.8 Å². The van der Waals surface area contributed by atoms with E-state index >= 15 is 0 Å². The number of carboxylic acid groups (broad SMARTS) is 1. The molecular weight excluding hydrogens is 312 g/mol. The maximum absolute atomic E-state index is 11.9. The molecule has 3 N–H and O–H groups in total. The van der Waals surface area contributed by atoms with Gasteiger partial charge in [-0.25, -0.2) is 4.79 Å². The molecule has 8 nitrogen and oxygen atoms in total. The molecule has 0 spiro atoms. The van der Waals surface area contributed by atoms with Gasteiger partial charge in [0, 0.05) is 32.3 Å². The number of hydrogen-bond acceptors (Lipinski definition) is 5. The van der Waals surface area contributed by atoms with Gasteiger partial charge in [-0.05, 0) is 18.8 Å². The summed E-state index contributed by atoms with van der Waals surface area (Å²) in [5, 5.41) is 23.3. The summed E-state index contributed by atoms with van der Waals surface area (Å²) in [5.74, 6) is -1.67. The molecule has 0 aromatic heterocycles. The molecule has 0 bridgehead atoms. The quantitative estimate of drug-likeness (QED) is 0.314. The fourth-order valence-electron chi connectivity index (χ4n) is 2.38. The molecule has 2 amide bonds. The van der Waals surface area contributed by atoms with Crippen LogP contribution in [0.1, 0.15) is 33.1 Å². The third kappa shape index (κ3) is 5.91. The van der Waals surface area contributed by atoms with E-state index in [0.717, 1.165) is 19.2 Å². The predicted octanol–water partition coefficient (Wildman–Crippen LogP) is 0.221. The van der Waals surface area contributed by atoms with Crippen LogP contribution in [0.3, 0.4) is 0 Å². The number of nitrogens with zero attached hydrogens (tertiary/aromatic N) is 2. The van der Waals surface area contributed by atoms with Gasteiger partial charge in [-0.3, -0.25) is 9.59 Å². The van der Waals surface area contributed by atoms with Gasteiger partial charge in [-0.2, -0.15) is 5.26 Å². The van der Waals surface area contributed by atoms with Crippen molar-refractivity contribution in [3.63, 3.8) is 0 Å². The molecule has 132 valence electrons. The van der Waals surface area contributed by atoms with Gasteiger partial charge in [0.25, 0.3) is 5.91 Å². The lowest BCUT2D eigenvalue weighted by Crippen LogP contribution is -2.38. The predicted molar refractivity (Wildman–Crippen MR) is 86.5 cm³/mol. The highest BCUT2D eigenvalue weighted by atomic mass is 16.4. The van der Waals surface area contributed by atoms with Crippen molar-refractivity contribution in [2.75, 3.05) is 19.6 Å². The number of rotatable bonds is 9. The second-order valence-corrected chi connectivity index (χ2v) is 5.99. The lowest BCUT2D eigenvalue weighted by Gasteiger charge is -2.17. The Morgan fingerprint density at radius 2 is 2.17 bits per heavy atom. The first-order valence-electron chi connectivity index (χ1n) is 8.02. The number of carboxylic acids is 1. The molecule has 1 fully saturated rings. The number of likely N-dealkylation sites (tertiary alicyclic amines) is 1. The largest absolute Gasteiger partial charge is 0.480 e. The van der Waals surface area contributed by atoms with Crippen LogP contribution < -0.4 is 10.6 Å². The van der Waals surface area contributed by atoms with Crippen molar-refractivity contribution in [2.45, 2.75) is 39.2 Å². The van der Waals surface area contributed by atoms with Gasteiger partial charge in [-0.1, -0.05) is 13.8 Å². The van der Waals surface area contributed by atoms with Crippen LogP contribution in [0.2, 0.25) is 0 Å². The highest BCUT2D eigenvalue weighted by molar-refractivity contribution is 5.97. The summed E-state index contributed by atoms with van der Waals surface area (Å²) in [7, 11) is 0. The number of hydrogen-bond donors (Lipinski definition) is 3. The Morgan fingerprint density at radius 1 is 1.46 bits per heavy atom. The third-order valence-electron chi connectivity index (χ3n) is 3.77. The molecule has 1 aliphatic rings. The van der Waals surface area contributed by atoms with Crippen LogP contribution in [-0.2, 0) is 14.4 Å². The number of amides is 2. The van der Waals surface area contributed by atoms with Gasteiger partial charge in [0.05, 0.1) is 0 Å². The topological polar surface area (TPSA) is 123 Å². The molecule has 1 heterocycles. The summed E-state index contributed by atoms with van der Waals surface area (Å²) in [5.41, 5.74) is -0.181. The molecular formula is C16H24N4O4. The number of nitrogens with one attached hydrogen (secondary N) is 2. The molecule has 0 radical (unpaired) electrons. The Morgan fingerprint density at radius 3 is 2.67 bits per heavy atom. The van der Waals surface area contributed by atoms with E-state index in [1.165, 1.54) is 0 Å². The van der Waals surface area contributed by atoms with E-state index < -0.39 is 17.9 Å². The minimum atomic E-state index is -1.05. The lowest BCUT2D eigenvalue weighted by molar-refractivity contribution is -0.140. The zero-order valence-electron chi connectivity index (χ0n) is 14.0. The lowest BCUT2D eigenvalue weighted by atomic mass is 10.1. The summed E-state index contributed by atoms with van der Waals surface area (Å²) in [4.78, 5) is 36.2. The molecule has 1 rings (SSSR count). The zero-order chi connectivity index (χ0) is 18.1. The van der Waals surface area contributed by atoms with Crippen LogP contribution in [0.5, 0.6) is 0 Å². The molecule has 0 aromatic carbocycles. The molecule has 24 heavy (non-hydrogen) atoms. The number of carbonyl (C=O) groups excluding carboxylic acids is 2. The molecule has 1 saturated heterocycles. The minimum Gasteiger partial charge on any atom is -0.480 e. The van der Waals surface area contributed by atoms with Gasteiger partial charge in [0.1, 0.15) is 17.7 Å².